The van der Waals surface area contributed by atoms with E-state index in [4.69, 9.17) is 5.73 Å². The van der Waals surface area contributed by atoms with Crippen LogP contribution in [-0.4, -0.2) is 18.4 Å². The molecule has 4 N–H and O–H groups in total. The summed E-state index contributed by atoms with van der Waals surface area (Å²) in [6.07, 6.45) is 2.55. The maximum absolute atomic E-state index is 13.4. The zero-order valence-corrected chi connectivity index (χ0v) is 18.9. The topological polar surface area (TPSA) is 87.5 Å². The summed E-state index contributed by atoms with van der Waals surface area (Å²) in [6, 6.07) is 22.5. The molecule has 3 aromatic rings. The number of nitrogens with one attached hydrogen (secondary N) is 2. The minimum atomic E-state index is -0.581. The molecule has 0 saturated carbocycles. The highest BCUT2D eigenvalue weighted by molar-refractivity contribution is 5.98. The fourth-order valence-corrected chi connectivity index (χ4v) is 4.21. The largest absolute Gasteiger partial charge is 0.370 e. The van der Waals surface area contributed by atoms with Gasteiger partial charge in [-0.25, -0.2) is 0 Å². The number of hydrogen-bond donors (Lipinski definition) is 3. The van der Waals surface area contributed by atoms with Gasteiger partial charge in [0, 0.05) is 36.6 Å². The Morgan fingerprint density at radius 3 is 2.55 bits per heavy atom. The molecule has 6 nitrogen and oxygen atoms in total. The number of amides is 2. The van der Waals surface area contributed by atoms with Gasteiger partial charge < -0.3 is 21.3 Å². The molecule has 1 atom stereocenters. The summed E-state index contributed by atoms with van der Waals surface area (Å²) in [6.45, 7) is 3.15. The predicted octanol–water partition coefficient (Wildman–Crippen LogP) is 4.76. The first-order valence-electron chi connectivity index (χ1n) is 11.4. The Morgan fingerprint density at radius 2 is 1.82 bits per heavy atom. The second-order valence-corrected chi connectivity index (χ2v) is 8.39. The van der Waals surface area contributed by atoms with E-state index >= 15 is 0 Å². The Morgan fingerprint density at radius 1 is 1.00 bits per heavy atom. The van der Waals surface area contributed by atoms with Gasteiger partial charge in [0.15, 0.2) is 0 Å². The van der Waals surface area contributed by atoms with Crippen LogP contribution >= 0.6 is 0 Å². The summed E-state index contributed by atoms with van der Waals surface area (Å²) in [5.41, 5.74) is 11.0. The Bertz CT molecular complexity index is 1130. The first-order chi connectivity index (χ1) is 16.0. The summed E-state index contributed by atoms with van der Waals surface area (Å²) in [4.78, 5) is 27.5. The molecule has 1 heterocycles. The van der Waals surface area contributed by atoms with Gasteiger partial charge in [0.05, 0.1) is 0 Å². The Labute approximate surface area is 194 Å². The van der Waals surface area contributed by atoms with E-state index in [-0.39, 0.29) is 11.8 Å². The minimum Gasteiger partial charge on any atom is -0.370 e. The number of rotatable bonds is 7. The third kappa shape index (κ3) is 5.41. The maximum Gasteiger partial charge on any atom is 0.251 e. The first-order valence-corrected chi connectivity index (χ1v) is 11.4. The van der Waals surface area contributed by atoms with Gasteiger partial charge in [-0.3, -0.25) is 9.59 Å². The average Bonchev–Trinajstić information content (AvgIpc) is 2.84. The second-order valence-electron chi connectivity index (χ2n) is 8.39. The number of aryl methyl sites for hydroxylation is 1. The molecular weight excluding hydrogens is 412 g/mol. The summed E-state index contributed by atoms with van der Waals surface area (Å²) < 4.78 is 0. The van der Waals surface area contributed by atoms with Crippen LogP contribution in [0.1, 0.15) is 42.0 Å². The van der Waals surface area contributed by atoms with E-state index in [9.17, 15) is 9.59 Å². The van der Waals surface area contributed by atoms with E-state index in [1.807, 2.05) is 84.6 Å². The van der Waals surface area contributed by atoms with E-state index in [1.54, 1.807) is 0 Å². The molecule has 1 aliphatic heterocycles. The van der Waals surface area contributed by atoms with Crippen molar-refractivity contribution in [3.63, 3.8) is 0 Å². The van der Waals surface area contributed by atoms with Crippen molar-refractivity contribution in [2.45, 2.75) is 38.8 Å². The van der Waals surface area contributed by atoms with Crippen LogP contribution in [0.2, 0.25) is 0 Å². The smallest absolute Gasteiger partial charge is 0.251 e. The molecule has 1 unspecified atom stereocenters. The van der Waals surface area contributed by atoms with Crippen LogP contribution in [0.15, 0.2) is 72.8 Å². The number of piperidine rings is 1. The van der Waals surface area contributed by atoms with Crippen LogP contribution in [0.25, 0.3) is 0 Å². The van der Waals surface area contributed by atoms with E-state index < -0.39 is 6.04 Å². The lowest BCUT2D eigenvalue weighted by Crippen LogP contribution is -2.35. The van der Waals surface area contributed by atoms with Gasteiger partial charge in [-0.2, -0.15) is 0 Å². The lowest BCUT2D eigenvalue weighted by molar-refractivity contribution is -0.119. The van der Waals surface area contributed by atoms with Crippen molar-refractivity contribution in [1.82, 2.24) is 0 Å². The van der Waals surface area contributed by atoms with Crippen LogP contribution in [0.3, 0.4) is 0 Å². The highest BCUT2D eigenvalue weighted by Crippen LogP contribution is 2.28. The van der Waals surface area contributed by atoms with Gasteiger partial charge in [0.1, 0.15) is 6.04 Å². The van der Waals surface area contributed by atoms with Gasteiger partial charge in [0.2, 0.25) is 5.91 Å². The zero-order valence-electron chi connectivity index (χ0n) is 18.9. The van der Waals surface area contributed by atoms with E-state index in [0.29, 0.717) is 18.7 Å². The van der Waals surface area contributed by atoms with Gasteiger partial charge >= 0.3 is 0 Å². The zero-order chi connectivity index (χ0) is 23.2. The second kappa shape index (κ2) is 10.3. The molecular formula is C27H30N4O2. The molecule has 170 valence electrons. The van der Waals surface area contributed by atoms with Crippen molar-refractivity contribution >= 4 is 28.9 Å². The van der Waals surface area contributed by atoms with Crippen molar-refractivity contribution in [2.75, 3.05) is 22.1 Å². The lowest BCUT2D eigenvalue weighted by Gasteiger charge is -2.28. The van der Waals surface area contributed by atoms with Crippen molar-refractivity contribution in [2.24, 2.45) is 5.73 Å². The molecule has 1 fully saturated rings. The highest BCUT2D eigenvalue weighted by Gasteiger charge is 2.23. The third-order valence-electron chi connectivity index (χ3n) is 5.95. The molecule has 0 aliphatic carbocycles. The van der Waals surface area contributed by atoms with Crippen LogP contribution < -0.4 is 21.3 Å². The predicted molar refractivity (Wildman–Crippen MR) is 133 cm³/mol. The Balaban J connectivity index is 1.55. The molecule has 0 bridgehead atoms. The molecule has 4 rings (SSSR count). The summed E-state index contributed by atoms with van der Waals surface area (Å²) in [7, 11) is 0. The van der Waals surface area contributed by atoms with Crippen molar-refractivity contribution in [3.8, 4) is 0 Å². The maximum atomic E-state index is 13.4. The van der Waals surface area contributed by atoms with Crippen LogP contribution in [0.4, 0.5) is 17.1 Å². The number of nitrogens with zero attached hydrogens (tertiary/aromatic N) is 1. The Hall–Kier alpha value is -3.64. The summed E-state index contributed by atoms with van der Waals surface area (Å²) in [5, 5.41) is 6.40. The lowest BCUT2D eigenvalue weighted by atomic mass is 10.0. The van der Waals surface area contributed by atoms with E-state index in [0.717, 1.165) is 47.5 Å². The van der Waals surface area contributed by atoms with Crippen molar-refractivity contribution in [1.29, 1.82) is 0 Å². The van der Waals surface area contributed by atoms with Crippen LogP contribution in [-0.2, 0) is 16.1 Å². The van der Waals surface area contributed by atoms with Gasteiger partial charge in [-0.15, -0.1) is 0 Å². The average molecular weight is 443 g/mol. The molecule has 6 heteroatoms. The molecule has 0 aromatic heterocycles. The summed E-state index contributed by atoms with van der Waals surface area (Å²) in [5.74, 6) is -0.00487. The van der Waals surface area contributed by atoms with E-state index in [2.05, 4.69) is 10.6 Å². The third-order valence-corrected chi connectivity index (χ3v) is 5.95. The summed E-state index contributed by atoms with van der Waals surface area (Å²) >= 11 is 0. The normalized spacial score (nSPS) is 14.6. The number of anilines is 3. The van der Waals surface area contributed by atoms with Crippen molar-refractivity contribution in [3.05, 3.63) is 89.5 Å². The number of nitrogens with two attached hydrogens (primary N) is 1. The fourth-order valence-electron chi connectivity index (χ4n) is 4.21. The molecule has 0 radical (unpaired) electrons. The van der Waals surface area contributed by atoms with E-state index in [1.165, 1.54) is 0 Å². The number of hydrogen-bond acceptors (Lipinski definition) is 4. The molecule has 2 amide bonds. The SMILES string of the molecule is Cc1cc(NC(=O)C(Nc2cccc(CN)c2)c2ccccc2)ccc1N1CCCCC1=O. The van der Waals surface area contributed by atoms with Gasteiger partial charge in [-0.1, -0.05) is 42.5 Å². The Kier molecular flexibility index (Phi) is 7.05. The van der Waals surface area contributed by atoms with Gasteiger partial charge in [-0.05, 0) is 66.8 Å². The molecule has 3 aromatic carbocycles. The number of benzene rings is 3. The number of carbonyl (C=O) groups is 2. The molecule has 1 saturated heterocycles. The monoisotopic (exact) mass is 442 g/mol. The minimum absolute atomic E-state index is 0.161. The highest BCUT2D eigenvalue weighted by atomic mass is 16.2. The first kappa shape index (κ1) is 22.6. The quantitative estimate of drug-likeness (QED) is 0.492. The standard InChI is InChI=1S/C27H30N4O2/c1-19-16-23(13-14-24(19)31-15-6-5-12-25(31)32)30-27(33)26(21-9-3-2-4-10-21)29-22-11-7-8-20(17-22)18-28/h2-4,7-11,13-14,16-17,26,29H,5-6,12,15,18,28H2,1H3,(H,30,33). The fraction of sp³-hybridized carbons (Fsp3) is 0.259. The van der Waals surface area contributed by atoms with Crippen molar-refractivity contribution < 1.29 is 9.59 Å². The molecule has 0 spiro atoms. The van der Waals surface area contributed by atoms with Crippen LogP contribution in [0.5, 0.6) is 0 Å². The molecule has 1 aliphatic rings. The van der Waals surface area contributed by atoms with Crippen LogP contribution in [0, 0.1) is 6.92 Å². The number of carbonyl (C=O) groups excluding carboxylic acids is 2. The molecule has 33 heavy (non-hydrogen) atoms. The van der Waals surface area contributed by atoms with Gasteiger partial charge in [0.25, 0.3) is 5.91 Å².